The summed E-state index contributed by atoms with van der Waals surface area (Å²) in [5.74, 6) is 0.503. The second-order valence-electron chi connectivity index (χ2n) is 5.45. The summed E-state index contributed by atoms with van der Waals surface area (Å²) in [6, 6.07) is 16.3. The molecule has 130 valence electrons. The Morgan fingerprint density at radius 1 is 0.885 bits per heavy atom. The Hall–Kier alpha value is -2.93. The number of hydrogen-bond donors (Lipinski definition) is 0. The highest BCUT2D eigenvalue weighted by Crippen LogP contribution is 2.31. The zero-order valence-electron chi connectivity index (χ0n) is 13.5. The molecule has 4 aromatic rings. The van der Waals surface area contributed by atoms with E-state index in [0.717, 1.165) is 0 Å². The van der Waals surface area contributed by atoms with Gasteiger partial charge in [-0.3, -0.25) is 4.57 Å². The van der Waals surface area contributed by atoms with Crippen molar-refractivity contribution in [3.8, 4) is 17.3 Å². The van der Waals surface area contributed by atoms with Crippen LogP contribution in [-0.4, -0.2) is 14.8 Å². The summed E-state index contributed by atoms with van der Waals surface area (Å²) in [6.07, 6.45) is 1.52. The fourth-order valence-electron chi connectivity index (χ4n) is 2.54. The predicted molar refractivity (Wildman–Crippen MR) is 95.0 cm³/mol. The summed E-state index contributed by atoms with van der Waals surface area (Å²) >= 11 is 1.28. The van der Waals surface area contributed by atoms with E-state index in [4.69, 9.17) is 4.42 Å². The minimum atomic E-state index is -0.409. The van der Waals surface area contributed by atoms with Gasteiger partial charge in [-0.2, -0.15) is 0 Å². The molecule has 0 unspecified atom stereocenters. The van der Waals surface area contributed by atoms with Gasteiger partial charge in [0.15, 0.2) is 10.9 Å². The number of hydrogen-bond acceptors (Lipinski definition) is 4. The summed E-state index contributed by atoms with van der Waals surface area (Å²) in [4.78, 5) is 0. The van der Waals surface area contributed by atoms with E-state index in [9.17, 15) is 8.78 Å². The molecule has 0 amide bonds. The van der Waals surface area contributed by atoms with Crippen LogP contribution in [0.15, 0.2) is 76.5 Å². The second kappa shape index (κ2) is 7.13. The quantitative estimate of drug-likeness (QED) is 0.459. The van der Waals surface area contributed by atoms with Crippen molar-refractivity contribution < 1.29 is 13.2 Å². The van der Waals surface area contributed by atoms with Crippen molar-refractivity contribution in [3.63, 3.8) is 0 Å². The molecule has 0 fully saturated rings. The highest BCUT2D eigenvalue weighted by molar-refractivity contribution is 7.98. The third kappa shape index (κ3) is 3.13. The van der Waals surface area contributed by atoms with Crippen LogP contribution >= 0.6 is 11.8 Å². The Morgan fingerprint density at radius 2 is 1.65 bits per heavy atom. The molecule has 0 spiro atoms. The van der Waals surface area contributed by atoms with Crippen molar-refractivity contribution in [1.82, 2.24) is 14.8 Å². The number of aromatic nitrogens is 3. The molecule has 4 nitrogen and oxygen atoms in total. The molecule has 2 aromatic carbocycles. The molecule has 0 aliphatic heterocycles. The lowest BCUT2D eigenvalue weighted by Crippen LogP contribution is -2.02. The number of furan rings is 1. The Morgan fingerprint density at radius 3 is 2.38 bits per heavy atom. The molecule has 0 aliphatic rings. The molecule has 0 atom stereocenters. The smallest absolute Gasteiger partial charge is 0.205 e. The maximum atomic E-state index is 14.4. The normalized spacial score (nSPS) is 11.0. The summed E-state index contributed by atoms with van der Waals surface area (Å²) in [5.41, 5.74) is 0.847. The molecule has 7 heteroatoms. The summed E-state index contributed by atoms with van der Waals surface area (Å²) in [6.45, 7) is 0. The minimum absolute atomic E-state index is 0.289. The Labute approximate surface area is 152 Å². The molecule has 0 radical (unpaired) electrons. The van der Waals surface area contributed by atoms with Gasteiger partial charge >= 0.3 is 0 Å². The van der Waals surface area contributed by atoms with E-state index in [-0.39, 0.29) is 5.82 Å². The van der Waals surface area contributed by atoms with Gasteiger partial charge in [0.1, 0.15) is 11.6 Å². The molecule has 0 N–H and O–H groups in total. The Kier molecular flexibility index (Phi) is 4.53. The zero-order chi connectivity index (χ0) is 17.9. The monoisotopic (exact) mass is 369 g/mol. The van der Waals surface area contributed by atoms with Gasteiger partial charge < -0.3 is 4.42 Å². The zero-order valence-corrected chi connectivity index (χ0v) is 14.3. The number of rotatable bonds is 5. The average Bonchev–Trinajstić information content (AvgIpc) is 3.31. The SMILES string of the molecule is Fc1ccccc1CSc1nnc(-c2ccco2)n1-c1ccccc1F. The van der Waals surface area contributed by atoms with Crippen LogP contribution < -0.4 is 0 Å². The first-order chi connectivity index (χ1) is 12.7. The molecule has 26 heavy (non-hydrogen) atoms. The maximum Gasteiger partial charge on any atom is 0.205 e. The lowest BCUT2D eigenvalue weighted by Gasteiger charge is -2.10. The first kappa shape index (κ1) is 16.5. The van der Waals surface area contributed by atoms with Gasteiger partial charge in [0, 0.05) is 5.75 Å². The number of benzene rings is 2. The van der Waals surface area contributed by atoms with Crippen LogP contribution in [0.1, 0.15) is 5.56 Å². The lowest BCUT2D eigenvalue weighted by atomic mass is 10.2. The van der Waals surface area contributed by atoms with E-state index in [1.165, 1.54) is 30.2 Å². The highest BCUT2D eigenvalue weighted by Gasteiger charge is 2.20. The van der Waals surface area contributed by atoms with Crippen molar-refractivity contribution in [2.24, 2.45) is 0 Å². The number of nitrogens with zero attached hydrogens (tertiary/aromatic N) is 3. The largest absolute Gasteiger partial charge is 0.461 e. The Balaban J connectivity index is 1.76. The lowest BCUT2D eigenvalue weighted by molar-refractivity contribution is 0.572. The van der Waals surface area contributed by atoms with Gasteiger partial charge in [-0.25, -0.2) is 8.78 Å². The summed E-state index contributed by atoms with van der Waals surface area (Å²) in [5, 5.41) is 8.76. The first-order valence-electron chi connectivity index (χ1n) is 7.84. The third-order valence-corrected chi connectivity index (χ3v) is 4.76. The van der Waals surface area contributed by atoms with Crippen molar-refractivity contribution in [2.45, 2.75) is 10.9 Å². The van der Waals surface area contributed by atoms with Gasteiger partial charge in [-0.05, 0) is 35.9 Å². The molecule has 4 rings (SSSR count). The second-order valence-corrected chi connectivity index (χ2v) is 6.39. The first-order valence-corrected chi connectivity index (χ1v) is 8.83. The van der Waals surface area contributed by atoms with E-state index in [2.05, 4.69) is 10.2 Å². The number of para-hydroxylation sites is 1. The third-order valence-electron chi connectivity index (χ3n) is 3.78. The van der Waals surface area contributed by atoms with Crippen LogP contribution in [0, 0.1) is 11.6 Å². The van der Waals surface area contributed by atoms with Crippen LogP contribution in [-0.2, 0) is 5.75 Å². The number of thioether (sulfide) groups is 1. The van der Waals surface area contributed by atoms with Crippen LogP contribution in [0.3, 0.4) is 0 Å². The molecule has 0 aliphatic carbocycles. The molecule has 2 aromatic heterocycles. The van der Waals surface area contributed by atoms with Crippen molar-refractivity contribution in [1.29, 1.82) is 0 Å². The molecular formula is C19H13F2N3OS. The van der Waals surface area contributed by atoms with Gasteiger partial charge in [-0.15, -0.1) is 10.2 Å². The Bertz CT molecular complexity index is 1030. The van der Waals surface area contributed by atoms with Gasteiger partial charge in [0.25, 0.3) is 0 Å². The molecule has 0 saturated heterocycles. The van der Waals surface area contributed by atoms with E-state index < -0.39 is 5.82 Å². The van der Waals surface area contributed by atoms with Gasteiger partial charge in [-0.1, -0.05) is 42.1 Å². The van der Waals surface area contributed by atoms with Crippen molar-refractivity contribution >= 4 is 11.8 Å². The fourth-order valence-corrected chi connectivity index (χ4v) is 3.47. The van der Waals surface area contributed by atoms with E-state index in [1.807, 2.05) is 0 Å². The minimum Gasteiger partial charge on any atom is -0.461 e. The number of halogens is 2. The maximum absolute atomic E-state index is 14.4. The average molecular weight is 369 g/mol. The van der Waals surface area contributed by atoms with Crippen LogP contribution in [0.4, 0.5) is 8.78 Å². The fraction of sp³-hybridized carbons (Fsp3) is 0.0526. The highest BCUT2D eigenvalue weighted by atomic mass is 32.2. The standard InChI is InChI=1S/C19H13F2N3OS/c20-14-7-2-1-6-13(14)12-26-19-23-22-18(17-10-5-11-25-17)24(19)16-9-4-3-8-15(16)21/h1-11H,12H2. The van der Waals surface area contributed by atoms with E-state index in [1.54, 1.807) is 53.1 Å². The molecule has 2 heterocycles. The van der Waals surface area contributed by atoms with E-state index >= 15 is 0 Å². The van der Waals surface area contributed by atoms with Crippen molar-refractivity contribution in [3.05, 3.63) is 84.1 Å². The van der Waals surface area contributed by atoms with E-state index in [0.29, 0.717) is 33.7 Å². The summed E-state index contributed by atoms with van der Waals surface area (Å²) in [7, 11) is 0. The summed E-state index contributed by atoms with van der Waals surface area (Å²) < 4.78 is 35.3. The predicted octanol–water partition coefficient (Wildman–Crippen LogP) is 5.10. The molecular weight excluding hydrogens is 356 g/mol. The van der Waals surface area contributed by atoms with Crippen LogP contribution in [0.5, 0.6) is 0 Å². The molecule has 0 saturated carbocycles. The van der Waals surface area contributed by atoms with Crippen molar-refractivity contribution in [2.75, 3.05) is 0 Å². The van der Waals surface area contributed by atoms with Gasteiger partial charge in [0.05, 0.1) is 12.0 Å². The topological polar surface area (TPSA) is 43.9 Å². The van der Waals surface area contributed by atoms with Crippen LogP contribution in [0.25, 0.3) is 17.3 Å². The molecule has 0 bridgehead atoms. The van der Waals surface area contributed by atoms with Gasteiger partial charge in [0.2, 0.25) is 5.82 Å². The van der Waals surface area contributed by atoms with Crippen LogP contribution in [0.2, 0.25) is 0 Å².